The lowest BCUT2D eigenvalue weighted by Crippen LogP contribution is -2.17. The van der Waals surface area contributed by atoms with Crippen molar-refractivity contribution in [3.8, 4) is 0 Å². The number of hydrogen-bond donors (Lipinski definition) is 1. The molecule has 0 aliphatic carbocycles. The molecule has 0 radical (unpaired) electrons. The normalized spacial score (nSPS) is 10.4. The standard InChI is InChI=1S/C15H18N2/c1-13-11-16-10-8-15(13)12-17-9-7-14-5-3-2-4-6-14/h2-6,8,10-11,17H,7,9,12H2,1H3. The van der Waals surface area contributed by atoms with Gasteiger partial charge in [0.2, 0.25) is 0 Å². The Kier molecular flexibility index (Phi) is 4.28. The second kappa shape index (κ2) is 6.16. The molecule has 1 heterocycles. The summed E-state index contributed by atoms with van der Waals surface area (Å²) >= 11 is 0. The van der Waals surface area contributed by atoms with Crippen molar-refractivity contribution in [2.75, 3.05) is 6.54 Å². The molecule has 2 aromatic rings. The largest absolute Gasteiger partial charge is 0.312 e. The Morgan fingerprint density at radius 2 is 1.94 bits per heavy atom. The number of nitrogens with one attached hydrogen (secondary N) is 1. The number of benzene rings is 1. The van der Waals surface area contributed by atoms with E-state index in [9.17, 15) is 0 Å². The van der Waals surface area contributed by atoms with Crippen molar-refractivity contribution >= 4 is 0 Å². The van der Waals surface area contributed by atoms with Crippen LogP contribution in [0, 0.1) is 6.92 Å². The molecule has 0 amide bonds. The predicted octanol–water partition coefficient (Wildman–Crippen LogP) is 2.72. The van der Waals surface area contributed by atoms with E-state index >= 15 is 0 Å². The van der Waals surface area contributed by atoms with Gasteiger partial charge in [-0.2, -0.15) is 0 Å². The number of aromatic nitrogens is 1. The Morgan fingerprint density at radius 1 is 1.12 bits per heavy atom. The maximum absolute atomic E-state index is 4.09. The number of nitrogens with zero attached hydrogens (tertiary/aromatic N) is 1. The number of pyridine rings is 1. The fourth-order valence-electron chi connectivity index (χ4n) is 1.80. The van der Waals surface area contributed by atoms with Crippen LogP contribution in [0.25, 0.3) is 0 Å². The predicted molar refractivity (Wildman–Crippen MR) is 70.8 cm³/mol. The van der Waals surface area contributed by atoms with E-state index in [1.54, 1.807) is 0 Å². The summed E-state index contributed by atoms with van der Waals surface area (Å²) in [6, 6.07) is 12.6. The van der Waals surface area contributed by atoms with Gasteiger partial charge in [0, 0.05) is 18.9 Å². The summed E-state index contributed by atoms with van der Waals surface area (Å²) in [5.41, 5.74) is 3.96. The van der Waals surface area contributed by atoms with Crippen molar-refractivity contribution < 1.29 is 0 Å². The van der Waals surface area contributed by atoms with E-state index in [2.05, 4.69) is 53.6 Å². The number of aryl methyl sites for hydroxylation is 1. The molecule has 17 heavy (non-hydrogen) atoms. The molecule has 0 bridgehead atoms. The van der Waals surface area contributed by atoms with Crippen molar-refractivity contribution in [2.45, 2.75) is 19.9 Å². The second-order valence-electron chi connectivity index (χ2n) is 4.21. The molecule has 2 nitrogen and oxygen atoms in total. The summed E-state index contributed by atoms with van der Waals surface area (Å²) in [5.74, 6) is 0. The molecule has 0 fully saturated rings. The van der Waals surface area contributed by atoms with E-state index in [4.69, 9.17) is 0 Å². The zero-order valence-electron chi connectivity index (χ0n) is 10.2. The Balaban J connectivity index is 1.76. The van der Waals surface area contributed by atoms with E-state index < -0.39 is 0 Å². The molecule has 2 rings (SSSR count). The first-order chi connectivity index (χ1) is 8.36. The minimum absolute atomic E-state index is 0.918. The van der Waals surface area contributed by atoms with Gasteiger partial charge in [0.05, 0.1) is 0 Å². The van der Waals surface area contributed by atoms with Crippen LogP contribution in [0.5, 0.6) is 0 Å². The molecule has 0 saturated carbocycles. The number of rotatable bonds is 5. The SMILES string of the molecule is Cc1cnccc1CNCCc1ccccc1. The van der Waals surface area contributed by atoms with Gasteiger partial charge in [0.15, 0.2) is 0 Å². The maximum Gasteiger partial charge on any atom is 0.0300 e. The van der Waals surface area contributed by atoms with E-state index in [1.807, 2.05) is 12.4 Å². The van der Waals surface area contributed by atoms with E-state index in [0.29, 0.717) is 0 Å². The van der Waals surface area contributed by atoms with Crippen molar-refractivity contribution in [1.29, 1.82) is 0 Å². The lowest BCUT2D eigenvalue weighted by molar-refractivity contribution is 0.684. The average molecular weight is 226 g/mol. The van der Waals surface area contributed by atoms with Crippen LogP contribution in [0.4, 0.5) is 0 Å². The Bertz CT molecular complexity index is 451. The Hall–Kier alpha value is -1.67. The van der Waals surface area contributed by atoms with E-state index in [1.165, 1.54) is 16.7 Å². The smallest absolute Gasteiger partial charge is 0.0300 e. The molecule has 0 spiro atoms. The summed E-state index contributed by atoms with van der Waals surface area (Å²) in [7, 11) is 0. The first kappa shape index (κ1) is 11.8. The molecule has 2 heteroatoms. The van der Waals surface area contributed by atoms with E-state index in [-0.39, 0.29) is 0 Å². The van der Waals surface area contributed by atoms with Gasteiger partial charge >= 0.3 is 0 Å². The average Bonchev–Trinajstić information content (AvgIpc) is 2.38. The fourth-order valence-corrected chi connectivity index (χ4v) is 1.80. The maximum atomic E-state index is 4.09. The van der Waals surface area contributed by atoms with Crippen molar-refractivity contribution in [3.63, 3.8) is 0 Å². The Morgan fingerprint density at radius 3 is 2.71 bits per heavy atom. The molecule has 0 aliphatic rings. The highest BCUT2D eigenvalue weighted by atomic mass is 14.8. The van der Waals surface area contributed by atoms with Gasteiger partial charge in [0.1, 0.15) is 0 Å². The van der Waals surface area contributed by atoms with Crippen LogP contribution in [0.15, 0.2) is 48.8 Å². The summed E-state index contributed by atoms with van der Waals surface area (Å²) in [6.07, 6.45) is 4.83. The molecular weight excluding hydrogens is 208 g/mol. The second-order valence-corrected chi connectivity index (χ2v) is 4.21. The van der Waals surface area contributed by atoms with Gasteiger partial charge in [0.25, 0.3) is 0 Å². The summed E-state index contributed by atoms with van der Waals surface area (Å²) in [4.78, 5) is 4.09. The quantitative estimate of drug-likeness (QED) is 0.793. The molecule has 0 atom stereocenters. The molecule has 1 aromatic carbocycles. The zero-order valence-corrected chi connectivity index (χ0v) is 10.2. The first-order valence-electron chi connectivity index (χ1n) is 6.00. The topological polar surface area (TPSA) is 24.9 Å². The summed E-state index contributed by atoms with van der Waals surface area (Å²) in [6.45, 7) is 4.02. The van der Waals surface area contributed by atoms with Crippen molar-refractivity contribution in [2.24, 2.45) is 0 Å². The fraction of sp³-hybridized carbons (Fsp3) is 0.267. The molecule has 0 unspecified atom stereocenters. The highest BCUT2D eigenvalue weighted by molar-refractivity contribution is 5.21. The molecule has 0 aliphatic heterocycles. The van der Waals surface area contributed by atoms with Crippen LogP contribution in [0.2, 0.25) is 0 Å². The first-order valence-corrected chi connectivity index (χ1v) is 6.00. The zero-order chi connectivity index (χ0) is 11.9. The van der Waals surface area contributed by atoms with Gasteiger partial charge in [-0.05, 0) is 42.6 Å². The summed E-state index contributed by atoms with van der Waals surface area (Å²) < 4.78 is 0. The van der Waals surface area contributed by atoms with Crippen LogP contribution in [0.3, 0.4) is 0 Å². The molecule has 0 saturated heterocycles. The third-order valence-electron chi connectivity index (χ3n) is 2.89. The minimum atomic E-state index is 0.918. The van der Waals surface area contributed by atoms with Crippen LogP contribution in [-0.4, -0.2) is 11.5 Å². The molecule has 1 N–H and O–H groups in total. The molecule has 88 valence electrons. The highest BCUT2D eigenvalue weighted by Crippen LogP contribution is 2.04. The van der Waals surface area contributed by atoms with E-state index in [0.717, 1.165) is 19.5 Å². The summed E-state index contributed by atoms with van der Waals surface area (Å²) in [5, 5.41) is 3.46. The van der Waals surface area contributed by atoms with Crippen molar-refractivity contribution in [3.05, 3.63) is 65.5 Å². The van der Waals surface area contributed by atoms with Gasteiger partial charge in [-0.15, -0.1) is 0 Å². The van der Waals surface area contributed by atoms with Crippen molar-refractivity contribution in [1.82, 2.24) is 10.3 Å². The molecular formula is C15H18N2. The Labute approximate surface area is 103 Å². The minimum Gasteiger partial charge on any atom is -0.312 e. The lowest BCUT2D eigenvalue weighted by atomic mass is 10.1. The third kappa shape index (κ3) is 3.68. The molecule has 1 aromatic heterocycles. The monoisotopic (exact) mass is 226 g/mol. The van der Waals surface area contributed by atoms with Crippen LogP contribution in [0.1, 0.15) is 16.7 Å². The van der Waals surface area contributed by atoms with Gasteiger partial charge in [-0.25, -0.2) is 0 Å². The lowest BCUT2D eigenvalue weighted by Gasteiger charge is -2.07. The highest BCUT2D eigenvalue weighted by Gasteiger charge is 1.97. The van der Waals surface area contributed by atoms with Gasteiger partial charge < -0.3 is 5.32 Å². The van der Waals surface area contributed by atoms with Crippen LogP contribution in [-0.2, 0) is 13.0 Å². The van der Waals surface area contributed by atoms with Crippen LogP contribution < -0.4 is 5.32 Å². The van der Waals surface area contributed by atoms with Gasteiger partial charge in [-0.3, -0.25) is 4.98 Å². The van der Waals surface area contributed by atoms with Gasteiger partial charge in [-0.1, -0.05) is 30.3 Å². The van der Waals surface area contributed by atoms with Crippen LogP contribution >= 0.6 is 0 Å². The third-order valence-corrected chi connectivity index (χ3v) is 2.89. The number of hydrogen-bond acceptors (Lipinski definition) is 2.